The van der Waals surface area contributed by atoms with Crippen molar-refractivity contribution in [2.75, 3.05) is 19.8 Å². The first-order valence-electron chi connectivity index (χ1n) is 10.4. The maximum atomic E-state index is 13.4. The molecule has 0 aromatic heterocycles. The number of rotatable bonds is 9. The second-order valence-corrected chi connectivity index (χ2v) is 9.19. The summed E-state index contributed by atoms with van der Waals surface area (Å²) in [6.07, 6.45) is 3.76. The number of carbonyl (C=O) groups is 1. The third-order valence-electron chi connectivity index (χ3n) is 5.10. The van der Waals surface area contributed by atoms with Gasteiger partial charge in [0.15, 0.2) is 5.75 Å². The molecule has 0 N–H and O–H groups in total. The van der Waals surface area contributed by atoms with Crippen LogP contribution in [0.5, 0.6) is 5.75 Å². The van der Waals surface area contributed by atoms with Crippen molar-refractivity contribution in [1.82, 2.24) is 4.90 Å². The van der Waals surface area contributed by atoms with Crippen molar-refractivity contribution in [3.8, 4) is 5.75 Å². The lowest BCUT2D eigenvalue weighted by Gasteiger charge is -2.26. The average molecular weight is 505 g/mol. The molecule has 4 nitrogen and oxygen atoms in total. The average Bonchev–Trinajstić information content (AvgIpc) is 3.24. The van der Waals surface area contributed by atoms with Crippen LogP contribution in [-0.4, -0.2) is 36.7 Å². The maximum absolute atomic E-state index is 13.4. The van der Waals surface area contributed by atoms with Crippen molar-refractivity contribution in [1.29, 1.82) is 0 Å². The molecule has 1 saturated heterocycles. The SMILES string of the molecule is CCCCOc1c(Cl)cc(C(=O)N(Cc2ccc(Cl)cc2Cl)C[C@@H]2CCCO2)cc1Cl. The molecule has 0 bridgehead atoms. The zero-order valence-electron chi connectivity index (χ0n) is 17.3. The molecule has 1 aliphatic rings. The summed E-state index contributed by atoms with van der Waals surface area (Å²) in [4.78, 5) is 15.1. The van der Waals surface area contributed by atoms with Gasteiger partial charge in [0, 0.05) is 35.3 Å². The van der Waals surface area contributed by atoms with E-state index in [1.807, 2.05) is 6.07 Å². The second kappa shape index (κ2) is 11.6. The van der Waals surface area contributed by atoms with Crippen molar-refractivity contribution < 1.29 is 14.3 Å². The number of unbranched alkanes of at least 4 members (excludes halogenated alkanes) is 1. The van der Waals surface area contributed by atoms with Gasteiger partial charge >= 0.3 is 0 Å². The van der Waals surface area contributed by atoms with E-state index >= 15 is 0 Å². The topological polar surface area (TPSA) is 38.8 Å². The number of hydrogen-bond acceptors (Lipinski definition) is 3. The molecule has 0 aliphatic carbocycles. The van der Waals surface area contributed by atoms with E-state index in [4.69, 9.17) is 55.9 Å². The molecular formula is C23H25Cl4NO3. The van der Waals surface area contributed by atoms with Crippen LogP contribution in [0.4, 0.5) is 0 Å². The summed E-state index contributed by atoms with van der Waals surface area (Å²) < 4.78 is 11.5. The summed E-state index contributed by atoms with van der Waals surface area (Å²) >= 11 is 25.2. The minimum Gasteiger partial charge on any atom is -0.490 e. The fraction of sp³-hybridized carbons (Fsp3) is 0.435. The quantitative estimate of drug-likeness (QED) is 0.336. The van der Waals surface area contributed by atoms with E-state index in [1.54, 1.807) is 29.2 Å². The van der Waals surface area contributed by atoms with Gasteiger partial charge in [-0.3, -0.25) is 4.79 Å². The molecule has 1 atom stereocenters. The van der Waals surface area contributed by atoms with Crippen LogP contribution < -0.4 is 4.74 Å². The molecule has 168 valence electrons. The smallest absolute Gasteiger partial charge is 0.254 e. The first-order chi connectivity index (χ1) is 14.9. The normalized spacial score (nSPS) is 15.8. The highest BCUT2D eigenvalue weighted by molar-refractivity contribution is 6.37. The standard InChI is InChI=1S/C23H25Cl4NO3/c1-2-3-8-31-22-20(26)10-16(11-21(22)27)23(29)28(14-18-5-4-9-30-18)13-15-6-7-17(24)12-19(15)25/h6-7,10-12,18H,2-5,8-9,13-14H2,1H3/t18-/m0/s1. The number of benzene rings is 2. The van der Waals surface area contributed by atoms with Gasteiger partial charge in [0.25, 0.3) is 5.91 Å². The molecule has 1 aliphatic heterocycles. The van der Waals surface area contributed by atoms with E-state index in [9.17, 15) is 4.79 Å². The number of amides is 1. The Kier molecular flexibility index (Phi) is 9.18. The van der Waals surface area contributed by atoms with Crippen LogP contribution >= 0.6 is 46.4 Å². The van der Waals surface area contributed by atoms with Gasteiger partial charge in [0.05, 0.1) is 22.8 Å². The van der Waals surface area contributed by atoms with Gasteiger partial charge in [-0.25, -0.2) is 0 Å². The molecule has 1 heterocycles. The first-order valence-corrected chi connectivity index (χ1v) is 11.9. The second-order valence-electron chi connectivity index (χ2n) is 7.53. The molecule has 31 heavy (non-hydrogen) atoms. The highest BCUT2D eigenvalue weighted by atomic mass is 35.5. The Labute approximate surface area is 203 Å². The zero-order valence-corrected chi connectivity index (χ0v) is 20.3. The Morgan fingerprint density at radius 3 is 2.48 bits per heavy atom. The van der Waals surface area contributed by atoms with Gasteiger partial charge in [0.1, 0.15) is 0 Å². The molecule has 1 fully saturated rings. The van der Waals surface area contributed by atoms with Crippen LogP contribution in [0.25, 0.3) is 0 Å². The van der Waals surface area contributed by atoms with Gasteiger partial charge in [-0.2, -0.15) is 0 Å². The van der Waals surface area contributed by atoms with E-state index in [-0.39, 0.29) is 12.0 Å². The summed E-state index contributed by atoms with van der Waals surface area (Å²) in [5.74, 6) is 0.199. The number of ether oxygens (including phenoxy) is 2. The lowest BCUT2D eigenvalue weighted by Crippen LogP contribution is -2.37. The van der Waals surface area contributed by atoms with Crippen LogP contribution in [0.2, 0.25) is 20.1 Å². The van der Waals surface area contributed by atoms with E-state index in [1.165, 1.54) is 0 Å². The molecule has 0 radical (unpaired) electrons. The van der Waals surface area contributed by atoms with Crippen LogP contribution in [0, 0.1) is 0 Å². The third kappa shape index (κ3) is 6.66. The fourth-order valence-electron chi connectivity index (χ4n) is 3.43. The monoisotopic (exact) mass is 503 g/mol. The predicted octanol–water partition coefficient (Wildman–Crippen LogP) is 7.30. The van der Waals surface area contributed by atoms with Crippen molar-refractivity contribution >= 4 is 52.3 Å². The van der Waals surface area contributed by atoms with E-state index < -0.39 is 0 Å². The summed E-state index contributed by atoms with van der Waals surface area (Å²) in [5, 5.41) is 1.68. The van der Waals surface area contributed by atoms with Gasteiger partial charge in [-0.15, -0.1) is 0 Å². The molecule has 0 unspecified atom stereocenters. The summed E-state index contributed by atoms with van der Waals surface area (Å²) in [6.45, 7) is 4.06. The third-order valence-corrected chi connectivity index (χ3v) is 6.25. The minimum absolute atomic E-state index is 0.0161. The Morgan fingerprint density at radius 2 is 1.87 bits per heavy atom. The lowest BCUT2D eigenvalue weighted by molar-refractivity contribution is 0.0507. The van der Waals surface area contributed by atoms with Crippen molar-refractivity contribution in [3.05, 3.63) is 61.5 Å². The molecule has 8 heteroatoms. The molecule has 2 aromatic carbocycles. The molecule has 3 rings (SSSR count). The van der Waals surface area contributed by atoms with Gasteiger partial charge in [0.2, 0.25) is 0 Å². The number of carbonyl (C=O) groups excluding carboxylic acids is 1. The number of halogens is 4. The summed E-state index contributed by atoms with van der Waals surface area (Å²) in [7, 11) is 0. The molecular weight excluding hydrogens is 480 g/mol. The largest absolute Gasteiger partial charge is 0.490 e. The van der Waals surface area contributed by atoms with E-state index in [2.05, 4.69) is 6.92 Å². The molecule has 1 amide bonds. The Hall–Kier alpha value is -1.17. The maximum Gasteiger partial charge on any atom is 0.254 e. The van der Waals surface area contributed by atoms with E-state index in [0.29, 0.717) is 57.7 Å². The summed E-state index contributed by atoms with van der Waals surface area (Å²) in [5.41, 5.74) is 1.19. The van der Waals surface area contributed by atoms with Crippen molar-refractivity contribution in [3.63, 3.8) is 0 Å². The zero-order chi connectivity index (χ0) is 22.4. The predicted molar refractivity (Wildman–Crippen MR) is 127 cm³/mol. The van der Waals surface area contributed by atoms with Crippen LogP contribution in [0.3, 0.4) is 0 Å². The number of nitrogens with zero attached hydrogens (tertiary/aromatic N) is 1. The van der Waals surface area contributed by atoms with Crippen LogP contribution in [0.15, 0.2) is 30.3 Å². The first kappa shape index (κ1) is 24.5. The lowest BCUT2D eigenvalue weighted by atomic mass is 10.1. The van der Waals surface area contributed by atoms with Gasteiger partial charge in [-0.1, -0.05) is 65.8 Å². The summed E-state index contributed by atoms with van der Waals surface area (Å²) in [6, 6.07) is 8.45. The highest BCUT2D eigenvalue weighted by Crippen LogP contribution is 2.35. The van der Waals surface area contributed by atoms with Crippen molar-refractivity contribution in [2.45, 2.75) is 45.3 Å². The molecule has 0 saturated carbocycles. The minimum atomic E-state index is -0.203. The van der Waals surface area contributed by atoms with Crippen LogP contribution in [0.1, 0.15) is 48.5 Å². The Balaban J connectivity index is 1.84. The molecule has 0 spiro atoms. The Morgan fingerprint density at radius 1 is 1.13 bits per heavy atom. The van der Waals surface area contributed by atoms with Gasteiger partial charge in [-0.05, 0) is 49.1 Å². The fourth-order valence-corrected chi connectivity index (χ4v) is 4.50. The van der Waals surface area contributed by atoms with E-state index in [0.717, 1.165) is 31.2 Å². The van der Waals surface area contributed by atoms with Gasteiger partial charge < -0.3 is 14.4 Å². The Bertz CT molecular complexity index is 893. The van der Waals surface area contributed by atoms with Crippen molar-refractivity contribution in [2.24, 2.45) is 0 Å². The molecule has 2 aromatic rings. The number of hydrogen-bond donors (Lipinski definition) is 0. The highest BCUT2D eigenvalue weighted by Gasteiger charge is 2.25. The van der Waals surface area contributed by atoms with Crippen LogP contribution in [-0.2, 0) is 11.3 Å².